The molecule has 0 spiro atoms. The lowest BCUT2D eigenvalue weighted by molar-refractivity contribution is -0.141. The number of unbranched alkanes of at least 4 members (excludes halogenated alkanes) is 12. The Hall–Kier alpha value is -2.67. The van der Waals surface area contributed by atoms with Gasteiger partial charge >= 0.3 is 5.97 Å². The number of thioether (sulfide) groups is 1. The zero-order valence-electron chi connectivity index (χ0n) is 25.0. The zero-order valence-corrected chi connectivity index (χ0v) is 25.8. The second-order valence-corrected chi connectivity index (χ2v) is 12.5. The Morgan fingerprint density at radius 1 is 0.854 bits per heavy atom. The van der Waals surface area contributed by atoms with Crippen molar-refractivity contribution in [2.45, 2.75) is 119 Å². The van der Waals surface area contributed by atoms with Crippen molar-refractivity contribution in [3.63, 3.8) is 0 Å². The van der Waals surface area contributed by atoms with Crippen molar-refractivity contribution in [1.82, 2.24) is 4.98 Å². The van der Waals surface area contributed by atoms with Crippen LogP contribution < -0.4 is 4.90 Å². The number of carbonyl (C=O) groups is 3. The standard InChI is InChI=1S/C34H48N2O4S/c1-3-4-5-6-7-8-9-10-11-12-13-14-18-23-29-32(38)36(28-21-16-15-17-22-28)33(39)34(29,26-25-31(37)40-2)41-30-24-19-20-27-35-30/h15-17,19-22,24,27,29H,3-14,18,23,25-26H2,1-2H3. The molecule has 6 nitrogen and oxygen atoms in total. The molecule has 2 atom stereocenters. The number of benzene rings is 1. The summed E-state index contributed by atoms with van der Waals surface area (Å²) in [7, 11) is 1.35. The van der Waals surface area contributed by atoms with Crippen LogP contribution >= 0.6 is 11.8 Å². The molecule has 2 unspecified atom stereocenters. The molecule has 1 aromatic carbocycles. The van der Waals surface area contributed by atoms with E-state index in [0.717, 1.165) is 19.3 Å². The first-order valence-corrected chi connectivity index (χ1v) is 16.5. The van der Waals surface area contributed by atoms with Crippen molar-refractivity contribution >= 4 is 35.2 Å². The first-order chi connectivity index (χ1) is 20.0. The second kappa shape index (κ2) is 18.0. The fraction of sp³-hybridized carbons (Fsp3) is 0.588. The maximum absolute atomic E-state index is 14.2. The average Bonchev–Trinajstić information content (AvgIpc) is 3.20. The molecule has 0 saturated carbocycles. The van der Waals surface area contributed by atoms with Crippen molar-refractivity contribution in [2.24, 2.45) is 5.92 Å². The Kier molecular flexibility index (Phi) is 14.4. The topological polar surface area (TPSA) is 76.6 Å². The SMILES string of the molecule is CCCCCCCCCCCCCCCC1C(=O)N(c2ccccc2)C(=O)C1(CCC(=O)OC)Sc1ccccn1. The van der Waals surface area contributed by atoms with Crippen LogP contribution in [0.2, 0.25) is 0 Å². The highest BCUT2D eigenvalue weighted by Gasteiger charge is 2.60. The average molecular weight is 581 g/mol. The van der Waals surface area contributed by atoms with Crippen LogP contribution in [-0.2, 0) is 19.1 Å². The molecule has 0 radical (unpaired) electrons. The van der Waals surface area contributed by atoms with Gasteiger partial charge in [0.1, 0.15) is 4.75 Å². The highest BCUT2D eigenvalue weighted by atomic mass is 32.2. The Morgan fingerprint density at radius 3 is 2.00 bits per heavy atom. The Morgan fingerprint density at radius 2 is 1.44 bits per heavy atom. The molecule has 2 heterocycles. The number of methoxy groups -OCH3 is 1. The molecule has 41 heavy (non-hydrogen) atoms. The summed E-state index contributed by atoms with van der Waals surface area (Å²) in [6.45, 7) is 2.26. The minimum atomic E-state index is -1.12. The number of hydrogen-bond donors (Lipinski definition) is 0. The smallest absolute Gasteiger partial charge is 0.305 e. The number of aromatic nitrogens is 1. The van der Waals surface area contributed by atoms with E-state index in [-0.39, 0.29) is 30.6 Å². The number of carbonyl (C=O) groups excluding carboxylic acids is 3. The fourth-order valence-electron chi connectivity index (χ4n) is 5.77. The first-order valence-electron chi connectivity index (χ1n) is 15.6. The molecular formula is C34H48N2O4S. The molecule has 2 amide bonds. The molecule has 7 heteroatoms. The highest BCUT2D eigenvalue weighted by molar-refractivity contribution is 8.01. The van der Waals surface area contributed by atoms with E-state index in [2.05, 4.69) is 11.9 Å². The van der Waals surface area contributed by atoms with Crippen LogP contribution in [0.25, 0.3) is 0 Å². The number of pyridine rings is 1. The van der Waals surface area contributed by atoms with Gasteiger partial charge in [-0.2, -0.15) is 0 Å². The third-order valence-corrected chi connectivity index (χ3v) is 9.59. The van der Waals surface area contributed by atoms with Crippen molar-refractivity contribution in [3.05, 3.63) is 54.7 Å². The van der Waals surface area contributed by atoms with Gasteiger partial charge < -0.3 is 4.74 Å². The molecule has 1 aliphatic heterocycles. The van der Waals surface area contributed by atoms with Crippen LogP contribution in [0.4, 0.5) is 5.69 Å². The minimum absolute atomic E-state index is 0.0626. The summed E-state index contributed by atoms with van der Waals surface area (Å²) in [6, 6.07) is 14.7. The van der Waals surface area contributed by atoms with Gasteiger partial charge in [0.25, 0.3) is 5.91 Å². The molecule has 1 fully saturated rings. The van der Waals surface area contributed by atoms with E-state index in [9.17, 15) is 14.4 Å². The van der Waals surface area contributed by atoms with Gasteiger partial charge in [-0.05, 0) is 37.1 Å². The predicted octanol–water partition coefficient (Wildman–Crippen LogP) is 8.54. The van der Waals surface area contributed by atoms with Gasteiger partial charge in [-0.15, -0.1) is 0 Å². The number of nitrogens with zero attached hydrogens (tertiary/aromatic N) is 2. The number of imide groups is 1. The van der Waals surface area contributed by atoms with Crippen molar-refractivity contribution in [3.8, 4) is 0 Å². The van der Waals surface area contributed by atoms with Gasteiger partial charge in [-0.3, -0.25) is 14.4 Å². The molecular weight excluding hydrogens is 532 g/mol. The first kappa shape index (κ1) is 32.8. The number of amides is 2. The predicted molar refractivity (Wildman–Crippen MR) is 167 cm³/mol. The van der Waals surface area contributed by atoms with Gasteiger partial charge in [-0.1, -0.05) is 126 Å². The summed E-state index contributed by atoms with van der Waals surface area (Å²) in [5.41, 5.74) is 0.569. The van der Waals surface area contributed by atoms with Crippen LogP contribution in [-0.4, -0.2) is 34.6 Å². The number of ether oxygens (including phenoxy) is 1. The quantitative estimate of drug-likeness (QED) is 0.0887. The molecule has 3 rings (SSSR count). The van der Waals surface area contributed by atoms with Gasteiger partial charge in [0.2, 0.25) is 5.91 Å². The molecule has 2 aromatic rings. The van der Waals surface area contributed by atoms with E-state index >= 15 is 0 Å². The van der Waals surface area contributed by atoms with Crippen LogP contribution in [0.15, 0.2) is 59.8 Å². The minimum Gasteiger partial charge on any atom is -0.469 e. The number of para-hydroxylation sites is 1. The molecule has 1 aromatic heterocycles. The summed E-state index contributed by atoms with van der Waals surface area (Å²) in [4.78, 5) is 46.2. The number of anilines is 1. The van der Waals surface area contributed by atoms with Gasteiger partial charge in [0, 0.05) is 12.6 Å². The maximum Gasteiger partial charge on any atom is 0.305 e. The molecule has 1 saturated heterocycles. The highest BCUT2D eigenvalue weighted by Crippen LogP contribution is 2.50. The normalized spacial score (nSPS) is 18.7. The summed E-state index contributed by atoms with van der Waals surface area (Å²) in [6.07, 6.45) is 18.8. The fourth-order valence-corrected chi connectivity index (χ4v) is 7.15. The third-order valence-electron chi connectivity index (χ3n) is 8.11. The van der Waals surface area contributed by atoms with Gasteiger partial charge in [-0.25, -0.2) is 9.88 Å². The third kappa shape index (κ3) is 9.69. The van der Waals surface area contributed by atoms with E-state index in [4.69, 9.17) is 4.74 Å². The number of hydrogen-bond acceptors (Lipinski definition) is 6. The van der Waals surface area contributed by atoms with E-state index < -0.39 is 10.7 Å². The summed E-state index contributed by atoms with van der Waals surface area (Å²) in [5, 5.41) is 0.670. The summed E-state index contributed by atoms with van der Waals surface area (Å²) < 4.78 is 3.80. The number of rotatable bonds is 20. The van der Waals surface area contributed by atoms with Gasteiger partial charge in [0.05, 0.1) is 23.7 Å². The molecule has 224 valence electrons. The van der Waals surface area contributed by atoms with Crippen molar-refractivity contribution in [1.29, 1.82) is 0 Å². The Balaban J connectivity index is 1.64. The van der Waals surface area contributed by atoms with Crippen molar-refractivity contribution < 1.29 is 19.1 Å². The zero-order chi connectivity index (χ0) is 29.3. The van der Waals surface area contributed by atoms with E-state index in [1.807, 2.05) is 36.4 Å². The monoisotopic (exact) mass is 580 g/mol. The lowest BCUT2D eigenvalue weighted by Crippen LogP contribution is -2.41. The lowest BCUT2D eigenvalue weighted by atomic mass is 9.85. The molecule has 0 aliphatic carbocycles. The molecule has 0 bridgehead atoms. The van der Waals surface area contributed by atoms with Crippen LogP contribution in [0.1, 0.15) is 110 Å². The largest absolute Gasteiger partial charge is 0.469 e. The van der Waals surface area contributed by atoms with Gasteiger partial charge in [0.15, 0.2) is 0 Å². The van der Waals surface area contributed by atoms with E-state index in [1.54, 1.807) is 18.3 Å². The van der Waals surface area contributed by atoms with E-state index in [1.165, 1.54) is 88.0 Å². The molecule has 1 aliphatic rings. The lowest BCUT2D eigenvalue weighted by Gasteiger charge is -2.30. The second-order valence-electron chi connectivity index (χ2n) is 11.1. The molecule has 0 N–H and O–H groups in total. The van der Waals surface area contributed by atoms with Crippen LogP contribution in [0.3, 0.4) is 0 Å². The Bertz CT molecular complexity index is 1060. The Labute approximate surface area is 251 Å². The van der Waals surface area contributed by atoms with Crippen LogP contribution in [0, 0.1) is 5.92 Å². The van der Waals surface area contributed by atoms with Crippen LogP contribution in [0.5, 0.6) is 0 Å². The summed E-state index contributed by atoms with van der Waals surface area (Å²) >= 11 is 1.32. The summed E-state index contributed by atoms with van der Waals surface area (Å²) in [5.74, 6) is -1.38. The number of esters is 1. The van der Waals surface area contributed by atoms with Crippen molar-refractivity contribution in [2.75, 3.05) is 12.0 Å². The maximum atomic E-state index is 14.2. The van der Waals surface area contributed by atoms with E-state index in [0.29, 0.717) is 17.1 Å².